The lowest BCUT2D eigenvalue weighted by Gasteiger charge is -2.26. The summed E-state index contributed by atoms with van der Waals surface area (Å²) in [6.45, 7) is 5.02. The van der Waals surface area contributed by atoms with Gasteiger partial charge in [-0.25, -0.2) is 8.42 Å². The Balaban J connectivity index is 1.64. The van der Waals surface area contributed by atoms with Crippen molar-refractivity contribution in [3.63, 3.8) is 0 Å². The number of ether oxygens (including phenoxy) is 3. The third-order valence-electron chi connectivity index (χ3n) is 5.15. The molecule has 1 N–H and O–H groups in total. The molecular formula is C23H25ClN2O6S. The number of carbonyl (C=O) groups excluding carboxylic acids is 1. The van der Waals surface area contributed by atoms with E-state index >= 15 is 0 Å². The van der Waals surface area contributed by atoms with Crippen LogP contribution in [0.1, 0.15) is 19.4 Å². The predicted octanol–water partition coefficient (Wildman–Crippen LogP) is 3.56. The highest BCUT2D eigenvalue weighted by Gasteiger charge is 2.28. The quantitative estimate of drug-likeness (QED) is 0.662. The first kappa shape index (κ1) is 23.6. The minimum absolute atomic E-state index is 0.0711. The van der Waals surface area contributed by atoms with Gasteiger partial charge in [-0.1, -0.05) is 11.6 Å². The van der Waals surface area contributed by atoms with E-state index < -0.39 is 15.9 Å². The molecule has 0 radical (unpaired) electrons. The number of sulfonamides is 1. The number of nitrogens with one attached hydrogen (secondary N) is 1. The molecule has 0 aliphatic carbocycles. The molecule has 0 aromatic heterocycles. The minimum atomic E-state index is -3.74. The fourth-order valence-electron chi connectivity index (χ4n) is 3.54. The lowest BCUT2D eigenvalue weighted by Crippen LogP contribution is -2.40. The first-order valence-electron chi connectivity index (χ1n) is 10.6. The van der Waals surface area contributed by atoms with E-state index in [0.717, 1.165) is 0 Å². The van der Waals surface area contributed by atoms with Crippen molar-refractivity contribution < 1.29 is 27.4 Å². The van der Waals surface area contributed by atoms with Gasteiger partial charge in [-0.3, -0.25) is 4.79 Å². The number of rotatable bonds is 6. The number of morpholine rings is 1. The molecule has 0 saturated carbocycles. The van der Waals surface area contributed by atoms with Gasteiger partial charge in [0.15, 0.2) is 0 Å². The van der Waals surface area contributed by atoms with Crippen LogP contribution in [0.15, 0.2) is 46.9 Å². The van der Waals surface area contributed by atoms with Gasteiger partial charge in [0, 0.05) is 23.7 Å². The van der Waals surface area contributed by atoms with Crippen LogP contribution in [0.3, 0.4) is 0 Å². The molecule has 4 rings (SSSR count). The van der Waals surface area contributed by atoms with Gasteiger partial charge in [0.1, 0.15) is 18.1 Å². The molecule has 0 spiro atoms. The van der Waals surface area contributed by atoms with Crippen LogP contribution in [-0.2, 0) is 19.6 Å². The van der Waals surface area contributed by atoms with Crippen molar-refractivity contribution in [2.45, 2.75) is 24.8 Å². The standard InChI is InChI=1S/C23H25ClN2O6S/c1-15(2)32-22-6-4-19(33(28,29)26-7-9-30-10-8-26)13-20(22)25-23(27)17-11-16-12-18(24)3-5-21(16)31-14-17/h3-6,11-13,15H,7-10,14H2,1-2H3,(H,25,27). The Kier molecular flexibility index (Phi) is 6.94. The second-order valence-corrected chi connectivity index (χ2v) is 10.3. The molecule has 2 aliphatic heterocycles. The summed E-state index contributed by atoms with van der Waals surface area (Å²) in [6, 6.07) is 9.65. The number of hydrogen-bond donors (Lipinski definition) is 1. The fourth-order valence-corrected chi connectivity index (χ4v) is 5.16. The van der Waals surface area contributed by atoms with Crippen LogP contribution in [-0.4, -0.2) is 57.6 Å². The molecule has 33 heavy (non-hydrogen) atoms. The molecule has 0 unspecified atom stereocenters. The first-order chi connectivity index (χ1) is 15.7. The van der Waals surface area contributed by atoms with Crippen molar-refractivity contribution in [1.29, 1.82) is 0 Å². The normalized spacial score (nSPS) is 16.5. The maximum absolute atomic E-state index is 13.1. The summed E-state index contributed by atoms with van der Waals surface area (Å²) in [5.74, 6) is 0.591. The molecule has 2 aromatic carbocycles. The van der Waals surface area contributed by atoms with E-state index in [2.05, 4.69) is 5.32 Å². The highest BCUT2D eigenvalue weighted by atomic mass is 35.5. The van der Waals surface area contributed by atoms with Gasteiger partial charge in [0.05, 0.1) is 35.5 Å². The van der Waals surface area contributed by atoms with E-state index in [4.69, 9.17) is 25.8 Å². The number of hydrogen-bond acceptors (Lipinski definition) is 6. The number of carbonyl (C=O) groups is 1. The predicted molar refractivity (Wildman–Crippen MR) is 125 cm³/mol. The lowest BCUT2D eigenvalue weighted by atomic mass is 10.1. The average molecular weight is 493 g/mol. The van der Waals surface area contributed by atoms with Gasteiger partial charge >= 0.3 is 0 Å². The molecule has 0 atom stereocenters. The molecular weight excluding hydrogens is 468 g/mol. The average Bonchev–Trinajstić information content (AvgIpc) is 2.79. The Hall–Kier alpha value is -2.59. The van der Waals surface area contributed by atoms with Gasteiger partial charge in [-0.05, 0) is 56.3 Å². The van der Waals surface area contributed by atoms with Crippen LogP contribution < -0.4 is 14.8 Å². The number of nitrogens with zero attached hydrogens (tertiary/aromatic N) is 1. The Morgan fingerprint density at radius 1 is 1.15 bits per heavy atom. The monoisotopic (exact) mass is 492 g/mol. The Bertz CT molecular complexity index is 1190. The van der Waals surface area contributed by atoms with Crippen LogP contribution in [0.5, 0.6) is 11.5 Å². The molecule has 8 nitrogen and oxygen atoms in total. The van der Waals surface area contributed by atoms with Crippen LogP contribution in [0.2, 0.25) is 5.02 Å². The number of benzene rings is 2. The lowest BCUT2D eigenvalue weighted by molar-refractivity contribution is -0.113. The molecule has 1 fully saturated rings. The Morgan fingerprint density at radius 3 is 2.64 bits per heavy atom. The van der Waals surface area contributed by atoms with Crippen molar-refractivity contribution in [2.75, 3.05) is 38.2 Å². The van der Waals surface area contributed by atoms with E-state index in [1.165, 1.54) is 16.4 Å². The molecule has 2 aromatic rings. The third-order valence-corrected chi connectivity index (χ3v) is 7.28. The highest BCUT2D eigenvalue weighted by molar-refractivity contribution is 7.89. The summed E-state index contributed by atoms with van der Waals surface area (Å²) in [5, 5.41) is 3.32. The topological polar surface area (TPSA) is 94.2 Å². The van der Waals surface area contributed by atoms with Crippen molar-refractivity contribution in [2.24, 2.45) is 0 Å². The molecule has 2 aliphatic rings. The zero-order valence-corrected chi connectivity index (χ0v) is 19.9. The summed E-state index contributed by atoms with van der Waals surface area (Å²) in [7, 11) is -3.74. The van der Waals surface area contributed by atoms with Crippen LogP contribution in [0.4, 0.5) is 5.69 Å². The second kappa shape index (κ2) is 9.72. The van der Waals surface area contributed by atoms with Gasteiger partial charge in [-0.15, -0.1) is 0 Å². The smallest absolute Gasteiger partial charge is 0.255 e. The summed E-state index contributed by atoms with van der Waals surface area (Å²) in [6.07, 6.45) is 1.53. The van der Waals surface area contributed by atoms with E-state index in [1.807, 2.05) is 13.8 Å². The zero-order valence-electron chi connectivity index (χ0n) is 18.3. The highest BCUT2D eigenvalue weighted by Crippen LogP contribution is 2.32. The van der Waals surface area contributed by atoms with Gasteiger partial charge in [0.2, 0.25) is 10.0 Å². The molecule has 176 valence electrons. The van der Waals surface area contributed by atoms with Gasteiger partial charge in [0.25, 0.3) is 5.91 Å². The molecule has 1 saturated heterocycles. The summed E-state index contributed by atoms with van der Waals surface area (Å²) in [4.78, 5) is 13.1. The first-order valence-corrected chi connectivity index (χ1v) is 12.4. The maximum Gasteiger partial charge on any atom is 0.255 e. The van der Waals surface area contributed by atoms with E-state index in [9.17, 15) is 13.2 Å². The van der Waals surface area contributed by atoms with Crippen LogP contribution in [0.25, 0.3) is 6.08 Å². The van der Waals surface area contributed by atoms with Crippen LogP contribution >= 0.6 is 11.6 Å². The minimum Gasteiger partial charge on any atom is -0.489 e. The molecule has 10 heteroatoms. The van der Waals surface area contributed by atoms with Crippen molar-refractivity contribution >= 4 is 39.3 Å². The Morgan fingerprint density at radius 2 is 1.91 bits per heavy atom. The number of anilines is 1. The van der Waals surface area contributed by atoms with E-state index in [1.54, 1.807) is 30.3 Å². The summed E-state index contributed by atoms with van der Waals surface area (Å²) in [5.41, 5.74) is 1.34. The van der Waals surface area contributed by atoms with E-state index in [0.29, 0.717) is 40.9 Å². The molecule has 2 heterocycles. The maximum atomic E-state index is 13.1. The second-order valence-electron chi connectivity index (χ2n) is 7.94. The number of fused-ring (bicyclic) bond motifs is 1. The van der Waals surface area contributed by atoms with Crippen molar-refractivity contribution in [3.8, 4) is 11.5 Å². The van der Waals surface area contributed by atoms with Gasteiger partial charge in [-0.2, -0.15) is 4.31 Å². The molecule has 1 amide bonds. The van der Waals surface area contributed by atoms with Crippen molar-refractivity contribution in [3.05, 3.63) is 52.6 Å². The van der Waals surface area contributed by atoms with E-state index in [-0.39, 0.29) is 36.4 Å². The number of halogens is 1. The van der Waals surface area contributed by atoms with Gasteiger partial charge < -0.3 is 19.5 Å². The largest absolute Gasteiger partial charge is 0.489 e. The number of amides is 1. The van der Waals surface area contributed by atoms with Crippen LogP contribution in [0, 0.1) is 0 Å². The summed E-state index contributed by atoms with van der Waals surface area (Å²) >= 11 is 6.06. The van der Waals surface area contributed by atoms with Crippen molar-refractivity contribution in [1.82, 2.24) is 4.31 Å². The third kappa shape index (κ3) is 5.33. The fraction of sp³-hybridized carbons (Fsp3) is 0.348. The summed E-state index contributed by atoms with van der Waals surface area (Å²) < 4.78 is 44.3. The Labute approximate surface area is 198 Å². The molecule has 0 bridgehead atoms. The SMILES string of the molecule is CC(C)Oc1ccc(S(=O)(=O)N2CCOCC2)cc1NC(=O)C1=Cc2cc(Cl)ccc2OC1. The zero-order chi connectivity index (χ0) is 23.6.